The van der Waals surface area contributed by atoms with Crippen LogP contribution in [0.25, 0.3) is 0 Å². The van der Waals surface area contributed by atoms with Gasteiger partial charge in [0.15, 0.2) is 6.10 Å². The molecule has 0 N–H and O–H groups in total. The van der Waals surface area contributed by atoms with Crippen LogP contribution in [-0.4, -0.2) is 45.2 Å². The molecular weight excluding hydrogens is 274 g/mol. The van der Waals surface area contributed by atoms with Crippen molar-refractivity contribution in [1.29, 1.82) is 0 Å². The Bertz CT molecular complexity index is 600. The first-order chi connectivity index (χ1) is 10.1. The summed E-state index contributed by atoms with van der Waals surface area (Å²) < 4.78 is 6.30. The van der Waals surface area contributed by atoms with Gasteiger partial charge in [-0.25, -0.2) is 4.68 Å². The summed E-state index contributed by atoms with van der Waals surface area (Å²) in [5.74, 6) is -0.893. The van der Waals surface area contributed by atoms with Gasteiger partial charge >= 0.3 is 5.97 Å². The minimum atomic E-state index is -0.890. The second-order valence-electron chi connectivity index (χ2n) is 4.37. The molecule has 8 heteroatoms. The third kappa shape index (κ3) is 3.85. The number of esters is 1. The highest BCUT2D eigenvalue weighted by Crippen LogP contribution is 2.13. The Hall–Kier alpha value is -2.77. The quantitative estimate of drug-likeness (QED) is 0.734. The second kappa shape index (κ2) is 6.60. The molecule has 110 valence electrons. The Morgan fingerprint density at radius 3 is 2.67 bits per heavy atom. The molecular formula is C13H15N5O3. The number of likely N-dealkylation sites (N-methyl/N-ethyl adjacent to an activating group) is 1. The molecule has 1 unspecified atom stereocenters. The molecule has 21 heavy (non-hydrogen) atoms. The number of para-hydroxylation sites is 1. The van der Waals surface area contributed by atoms with Crippen LogP contribution in [-0.2, 0) is 20.9 Å². The van der Waals surface area contributed by atoms with E-state index in [0.29, 0.717) is 0 Å². The van der Waals surface area contributed by atoms with Crippen LogP contribution in [0.1, 0.15) is 6.92 Å². The molecule has 0 bridgehead atoms. The largest absolute Gasteiger partial charge is 0.451 e. The number of anilines is 1. The van der Waals surface area contributed by atoms with Crippen molar-refractivity contribution in [3.63, 3.8) is 0 Å². The van der Waals surface area contributed by atoms with Crippen LogP contribution in [0, 0.1) is 0 Å². The normalized spacial score (nSPS) is 11.7. The number of hydrogen-bond donors (Lipinski definition) is 0. The SMILES string of the molecule is CC(OC(=O)Cn1cnnn1)C(=O)N(C)c1ccccc1. The summed E-state index contributed by atoms with van der Waals surface area (Å²) in [5.41, 5.74) is 0.728. The number of aromatic nitrogens is 4. The van der Waals surface area contributed by atoms with Crippen molar-refractivity contribution in [2.75, 3.05) is 11.9 Å². The number of benzene rings is 1. The van der Waals surface area contributed by atoms with Crippen molar-refractivity contribution < 1.29 is 14.3 Å². The Labute approximate surface area is 121 Å². The molecule has 1 heterocycles. The minimum absolute atomic E-state index is 0.139. The predicted molar refractivity (Wildman–Crippen MR) is 73.2 cm³/mol. The van der Waals surface area contributed by atoms with Gasteiger partial charge in [0.25, 0.3) is 5.91 Å². The van der Waals surface area contributed by atoms with Gasteiger partial charge in [-0.05, 0) is 29.5 Å². The van der Waals surface area contributed by atoms with E-state index in [2.05, 4.69) is 15.5 Å². The summed E-state index contributed by atoms with van der Waals surface area (Å²) >= 11 is 0. The molecule has 0 aliphatic heterocycles. The molecule has 1 aromatic carbocycles. The van der Waals surface area contributed by atoms with Crippen LogP contribution in [0.4, 0.5) is 5.69 Å². The van der Waals surface area contributed by atoms with Gasteiger partial charge in [-0.2, -0.15) is 0 Å². The first-order valence-corrected chi connectivity index (χ1v) is 6.31. The monoisotopic (exact) mass is 289 g/mol. The number of hydrogen-bond acceptors (Lipinski definition) is 6. The van der Waals surface area contributed by atoms with Gasteiger partial charge in [-0.3, -0.25) is 9.59 Å². The zero-order valence-corrected chi connectivity index (χ0v) is 11.7. The van der Waals surface area contributed by atoms with E-state index in [4.69, 9.17) is 4.74 Å². The summed E-state index contributed by atoms with van der Waals surface area (Å²) in [5, 5.41) is 10.4. The van der Waals surface area contributed by atoms with Crippen LogP contribution < -0.4 is 4.90 Å². The number of carbonyl (C=O) groups excluding carboxylic acids is 2. The number of nitrogens with zero attached hydrogens (tertiary/aromatic N) is 5. The Morgan fingerprint density at radius 1 is 1.33 bits per heavy atom. The second-order valence-corrected chi connectivity index (χ2v) is 4.37. The van der Waals surface area contributed by atoms with E-state index in [1.165, 1.54) is 22.8 Å². The molecule has 2 rings (SSSR count). The molecule has 1 aromatic heterocycles. The van der Waals surface area contributed by atoms with E-state index in [1.54, 1.807) is 19.2 Å². The summed E-state index contributed by atoms with van der Waals surface area (Å²) in [6, 6.07) is 9.11. The van der Waals surface area contributed by atoms with Crippen LogP contribution in [0.3, 0.4) is 0 Å². The van der Waals surface area contributed by atoms with Gasteiger partial charge in [-0.15, -0.1) is 5.10 Å². The number of tetrazole rings is 1. The number of amides is 1. The fourth-order valence-corrected chi connectivity index (χ4v) is 1.72. The maximum absolute atomic E-state index is 12.2. The molecule has 0 aliphatic carbocycles. The first-order valence-electron chi connectivity index (χ1n) is 6.31. The molecule has 8 nitrogen and oxygen atoms in total. The fourth-order valence-electron chi connectivity index (χ4n) is 1.72. The summed E-state index contributed by atoms with van der Waals surface area (Å²) in [6.45, 7) is 1.39. The molecule has 0 saturated heterocycles. The highest BCUT2D eigenvalue weighted by atomic mass is 16.5. The van der Waals surface area contributed by atoms with Crippen molar-refractivity contribution >= 4 is 17.6 Å². The summed E-state index contributed by atoms with van der Waals surface area (Å²) in [6.07, 6.45) is 0.406. The van der Waals surface area contributed by atoms with Gasteiger partial charge in [0.05, 0.1) is 0 Å². The van der Waals surface area contributed by atoms with Gasteiger partial charge < -0.3 is 9.64 Å². The van der Waals surface area contributed by atoms with E-state index in [9.17, 15) is 9.59 Å². The highest BCUT2D eigenvalue weighted by Gasteiger charge is 2.22. The van der Waals surface area contributed by atoms with Gasteiger partial charge in [0.1, 0.15) is 12.9 Å². The molecule has 0 fully saturated rings. The maximum atomic E-state index is 12.2. The number of ether oxygens (including phenoxy) is 1. The molecule has 0 saturated carbocycles. The lowest BCUT2D eigenvalue weighted by Gasteiger charge is -2.21. The van der Waals surface area contributed by atoms with E-state index < -0.39 is 12.1 Å². The van der Waals surface area contributed by atoms with Gasteiger partial charge in [-0.1, -0.05) is 18.2 Å². The topological polar surface area (TPSA) is 90.2 Å². The van der Waals surface area contributed by atoms with Gasteiger partial charge in [0.2, 0.25) is 0 Å². The zero-order valence-electron chi connectivity index (χ0n) is 11.7. The lowest BCUT2D eigenvalue weighted by atomic mass is 10.2. The van der Waals surface area contributed by atoms with Crippen LogP contribution in [0.15, 0.2) is 36.7 Å². The maximum Gasteiger partial charge on any atom is 0.328 e. The zero-order chi connectivity index (χ0) is 15.2. The lowest BCUT2D eigenvalue weighted by Crippen LogP contribution is -2.38. The fraction of sp³-hybridized carbons (Fsp3) is 0.308. The van der Waals surface area contributed by atoms with Crippen molar-refractivity contribution in [2.24, 2.45) is 0 Å². The number of rotatable bonds is 5. The van der Waals surface area contributed by atoms with Crippen LogP contribution in [0.2, 0.25) is 0 Å². The standard InChI is InChI=1S/C13H15N5O3/c1-10(21-12(19)8-18-9-14-15-16-18)13(20)17(2)11-6-4-3-5-7-11/h3-7,9-10H,8H2,1-2H3. The Balaban J connectivity index is 1.91. The highest BCUT2D eigenvalue weighted by molar-refractivity contribution is 5.96. The van der Waals surface area contributed by atoms with E-state index in [1.807, 2.05) is 18.2 Å². The van der Waals surface area contributed by atoms with E-state index in [0.717, 1.165) is 5.69 Å². The summed E-state index contributed by atoms with van der Waals surface area (Å²) in [7, 11) is 1.63. The lowest BCUT2D eigenvalue weighted by molar-refractivity contribution is -0.154. The van der Waals surface area contributed by atoms with Gasteiger partial charge in [0, 0.05) is 12.7 Å². The first kappa shape index (κ1) is 14.6. The Kier molecular flexibility index (Phi) is 4.60. The van der Waals surface area contributed by atoms with Crippen LogP contribution >= 0.6 is 0 Å². The third-order valence-corrected chi connectivity index (χ3v) is 2.81. The molecule has 1 atom stereocenters. The van der Waals surface area contributed by atoms with Crippen LogP contribution in [0.5, 0.6) is 0 Å². The Morgan fingerprint density at radius 2 is 2.05 bits per heavy atom. The average Bonchev–Trinajstić information content (AvgIpc) is 2.99. The molecule has 0 aliphatic rings. The predicted octanol–water partition coefficient (Wildman–Crippen LogP) is 0.268. The average molecular weight is 289 g/mol. The molecule has 0 radical (unpaired) electrons. The van der Waals surface area contributed by atoms with E-state index >= 15 is 0 Å². The smallest absolute Gasteiger partial charge is 0.328 e. The third-order valence-electron chi connectivity index (χ3n) is 2.81. The minimum Gasteiger partial charge on any atom is -0.451 e. The van der Waals surface area contributed by atoms with E-state index in [-0.39, 0.29) is 12.5 Å². The molecule has 2 aromatic rings. The number of carbonyl (C=O) groups is 2. The van der Waals surface area contributed by atoms with Crippen molar-refractivity contribution in [3.05, 3.63) is 36.7 Å². The molecule has 0 spiro atoms. The molecule has 1 amide bonds. The van der Waals surface area contributed by atoms with Crippen molar-refractivity contribution in [2.45, 2.75) is 19.6 Å². The van der Waals surface area contributed by atoms with Crippen molar-refractivity contribution in [1.82, 2.24) is 20.2 Å². The summed E-state index contributed by atoms with van der Waals surface area (Å²) in [4.78, 5) is 25.3. The van der Waals surface area contributed by atoms with Crippen molar-refractivity contribution in [3.8, 4) is 0 Å².